The van der Waals surface area contributed by atoms with Gasteiger partial charge in [0, 0.05) is 29.8 Å². The maximum absolute atomic E-state index is 17.1. The van der Waals surface area contributed by atoms with E-state index in [4.69, 9.17) is 20.2 Å². The van der Waals surface area contributed by atoms with E-state index in [1.54, 1.807) is 0 Å². The third-order valence-corrected chi connectivity index (χ3v) is 11.0. The number of hydrogen-bond donors (Lipinski definition) is 3. The average molecular weight is 675 g/mol. The van der Waals surface area contributed by atoms with E-state index < -0.39 is 23.3 Å². The number of ether oxygens (including phenoxy) is 2. The molecule has 0 bridgehead atoms. The van der Waals surface area contributed by atoms with Gasteiger partial charge >= 0.3 is 6.01 Å². The summed E-state index contributed by atoms with van der Waals surface area (Å²) in [4.78, 5) is 20.3. The van der Waals surface area contributed by atoms with Crippen molar-refractivity contribution in [1.82, 2.24) is 35.0 Å². The zero-order valence-electron chi connectivity index (χ0n) is 25.6. The van der Waals surface area contributed by atoms with E-state index in [1.807, 2.05) is 6.07 Å². The molecule has 4 N–H and O–H groups in total. The zero-order chi connectivity index (χ0) is 32.7. The number of nitrogens with one attached hydrogen (secondary N) is 2. The number of nitrogens with zero attached hydrogens (tertiary/aromatic N) is 7. The summed E-state index contributed by atoms with van der Waals surface area (Å²) < 4.78 is 58.8. The van der Waals surface area contributed by atoms with Crippen LogP contribution < -0.4 is 15.8 Å². The van der Waals surface area contributed by atoms with E-state index in [0.29, 0.717) is 47.0 Å². The van der Waals surface area contributed by atoms with Gasteiger partial charge < -0.3 is 20.5 Å². The third-order valence-electron chi connectivity index (χ3n) is 9.97. The molecule has 2 atom stereocenters. The SMILES string of the molecule is N#Cc1c(N)sc2c(F)cnc(-c3c4c(c5c(NCc6nc(C7CC7)n[nH]6)nc(OCC67CCCN6CC(F)C7)nc5c3F)COC4)c12. The molecule has 246 valence electrons. The number of aromatic amines is 1. The number of H-pyrrole nitrogens is 1. The predicted molar refractivity (Wildman–Crippen MR) is 170 cm³/mol. The third kappa shape index (κ3) is 4.59. The van der Waals surface area contributed by atoms with Crippen molar-refractivity contribution in [1.29, 1.82) is 5.26 Å². The average Bonchev–Trinajstić information content (AvgIpc) is 3.45. The number of halogens is 3. The molecule has 12 nitrogen and oxygen atoms in total. The normalized spacial score (nSPS) is 22.0. The zero-order valence-corrected chi connectivity index (χ0v) is 26.4. The maximum atomic E-state index is 17.1. The summed E-state index contributed by atoms with van der Waals surface area (Å²) in [6, 6.07) is 1.95. The number of anilines is 2. The van der Waals surface area contributed by atoms with Crippen LogP contribution in [0.25, 0.3) is 32.2 Å². The molecule has 0 radical (unpaired) electrons. The molecule has 1 saturated carbocycles. The maximum Gasteiger partial charge on any atom is 0.319 e. The molecule has 2 saturated heterocycles. The minimum atomic E-state index is -0.946. The van der Waals surface area contributed by atoms with Gasteiger partial charge in [0.25, 0.3) is 0 Å². The van der Waals surface area contributed by atoms with Crippen LogP contribution >= 0.6 is 11.3 Å². The van der Waals surface area contributed by atoms with E-state index in [0.717, 1.165) is 55.6 Å². The van der Waals surface area contributed by atoms with Crippen LogP contribution in [0.3, 0.4) is 0 Å². The molecule has 3 fully saturated rings. The van der Waals surface area contributed by atoms with Crippen LogP contribution in [-0.2, 0) is 24.5 Å². The molecule has 48 heavy (non-hydrogen) atoms. The Bertz CT molecular complexity index is 2180. The van der Waals surface area contributed by atoms with Crippen LogP contribution in [0.2, 0.25) is 0 Å². The van der Waals surface area contributed by atoms with E-state index in [1.165, 1.54) is 0 Å². The molecular formula is C32H29F3N10O2S. The molecule has 0 amide bonds. The van der Waals surface area contributed by atoms with Crippen molar-refractivity contribution < 1.29 is 22.6 Å². The molecule has 16 heteroatoms. The summed E-state index contributed by atoms with van der Waals surface area (Å²) in [5.41, 5.74) is 6.82. The molecule has 1 aliphatic carbocycles. The summed E-state index contributed by atoms with van der Waals surface area (Å²) in [5, 5.41) is 21.1. The number of fused-ring (bicyclic) bond motifs is 5. The fourth-order valence-corrected chi connectivity index (χ4v) is 8.49. The Hall–Kier alpha value is -4.59. The van der Waals surface area contributed by atoms with Crippen LogP contribution in [-0.4, -0.2) is 66.4 Å². The molecule has 9 rings (SSSR count). The fourth-order valence-electron chi connectivity index (χ4n) is 7.57. The number of thiophene rings is 1. The number of rotatable bonds is 8. The lowest BCUT2D eigenvalue weighted by atomic mass is 9.93. The first-order chi connectivity index (χ1) is 23.3. The molecule has 0 spiro atoms. The standard InChI is InChI=1S/C32H29F3N10O2S/c33-15-6-32(4-1-5-45(32)10-15)13-47-31-41-26-23(30(42-31)39-9-20-40-29(44-43-20)14-2-3-14)18-12-46-11-17(18)21(24(26)35)25-22-16(7-36)28(37)48-27(22)19(34)8-38-25/h8,14-15H,1-6,9-13,37H2,(H,39,41,42)(H,40,43,44). The first kappa shape index (κ1) is 29.5. The van der Waals surface area contributed by atoms with E-state index in [2.05, 4.69) is 35.4 Å². The number of aromatic nitrogens is 6. The number of pyridine rings is 1. The summed E-state index contributed by atoms with van der Waals surface area (Å²) >= 11 is 0.910. The van der Waals surface area contributed by atoms with Gasteiger partial charge in [-0.15, -0.1) is 11.3 Å². The molecule has 3 aliphatic heterocycles. The molecule has 7 heterocycles. The summed E-state index contributed by atoms with van der Waals surface area (Å²) in [6.45, 7) is 1.68. The second kappa shape index (κ2) is 11.0. The first-order valence-corrected chi connectivity index (χ1v) is 16.7. The van der Waals surface area contributed by atoms with Gasteiger partial charge in [0.2, 0.25) is 0 Å². The van der Waals surface area contributed by atoms with Crippen molar-refractivity contribution in [2.24, 2.45) is 0 Å². The lowest BCUT2D eigenvalue weighted by molar-refractivity contribution is 0.107. The van der Waals surface area contributed by atoms with Crippen molar-refractivity contribution in [3.8, 4) is 23.3 Å². The van der Waals surface area contributed by atoms with Crippen molar-refractivity contribution in [2.45, 2.75) is 69.5 Å². The highest BCUT2D eigenvalue weighted by molar-refractivity contribution is 7.23. The smallest absolute Gasteiger partial charge is 0.319 e. The van der Waals surface area contributed by atoms with Gasteiger partial charge in [-0.05, 0) is 43.4 Å². The van der Waals surface area contributed by atoms with Crippen molar-refractivity contribution in [2.75, 3.05) is 30.7 Å². The van der Waals surface area contributed by atoms with Crippen molar-refractivity contribution >= 4 is 43.1 Å². The number of nitrogens with two attached hydrogens (primary N) is 1. The van der Waals surface area contributed by atoms with E-state index >= 15 is 4.39 Å². The van der Waals surface area contributed by atoms with Gasteiger partial charge in [0.15, 0.2) is 17.5 Å². The number of benzene rings is 1. The Morgan fingerprint density at radius 2 is 2.06 bits per heavy atom. The Morgan fingerprint density at radius 3 is 2.90 bits per heavy atom. The number of nitriles is 1. The van der Waals surface area contributed by atoms with Gasteiger partial charge in [-0.3, -0.25) is 15.0 Å². The van der Waals surface area contributed by atoms with Gasteiger partial charge in [0.1, 0.15) is 41.0 Å². The topological polar surface area (TPSA) is 164 Å². The molecule has 5 aromatic rings. The van der Waals surface area contributed by atoms with Gasteiger partial charge in [-0.25, -0.2) is 18.2 Å². The highest BCUT2D eigenvalue weighted by Gasteiger charge is 2.49. The van der Waals surface area contributed by atoms with Gasteiger partial charge in [-0.1, -0.05) is 0 Å². The number of alkyl halides is 1. The fraction of sp³-hybridized carbons (Fsp3) is 0.438. The first-order valence-electron chi connectivity index (χ1n) is 15.9. The monoisotopic (exact) mass is 674 g/mol. The highest BCUT2D eigenvalue weighted by Crippen LogP contribution is 2.47. The van der Waals surface area contributed by atoms with Crippen LogP contribution in [0.15, 0.2) is 6.20 Å². The van der Waals surface area contributed by atoms with Gasteiger partial charge in [-0.2, -0.15) is 20.3 Å². The summed E-state index contributed by atoms with van der Waals surface area (Å²) in [5.74, 6) is 0.611. The second-order valence-electron chi connectivity index (χ2n) is 13.0. The van der Waals surface area contributed by atoms with Crippen LogP contribution in [0.1, 0.15) is 66.4 Å². The minimum Gasteiger partial charge on any atom is -0.461 e. The lowest BCUT2D eigenvalue weighted by Gasteiger charge is -2.30. The Balaban J connectivity index is 1.20. The summed E-state index contributed by atoms with van der Waals surface area (Å²) in [6.07, 6.45) is 4.23. The number of nitrogen functional groups attached to an aromatic ring is 1. The van der Waals surface area contributed by atoms with Gasteiger partial charge in [0.05, 0.1) is 52.8 Å². The van der Waals surface area contributed by atoms with Crippen LogP contribution in [0.5, 0.6) is 6.01 Å². The van der Waals surface area contributed by atoms with Crippen LogP contribution in [0, 0.1) is 23.0 Å². The second-order valence-corrected chi connectivity index (χ2v) is 14.0. The molecule has 1 aromatic carbocycles. The minimum absolute atomic E-state index is 0.0268. The number of hydrogen-bond acceptors (Lipinski definition) is 12. The molecule has 4 aromatic heterocycles. The summed E-state index contributed by atoms with van der Waals surface area (Å²) in [7, 11) is 0. The van der Waals surface area contributed by atoms with E-state index in [-0.39, 0.29) is 69.8 Å². The Labute approximate surface area is 275 Å². The molecule has 4 aliphatic rings. The van der Waals surface area contributed by atoms with Crippen LogP contribution in [0.4, 0.5) is 24.0 Å². The van der Waals surface area contributed by atoms with Crippen molar-refractivity contribution in [3.63, 3.8) is 0 Å². The van der Waals surface area contributed by atoms with E-state index in [9.17, 15) is 14.0 Å². The Morgan fingerprint density at radius 1 is 1.21 bits per heavy atom. The largest absolute Gasteiger partial charge is 0.461 e. The predicted octanol–water partition coefficient (Wildman–Crippen LogP) is 5.23. The molecular weight excluding hydrogens is 645 g/mol. The molecule has 2 unspecified atom stereocenters. The lowest BCUT2D eigenvalue weighted by Crippen LogP contribution is -2.43. The highest BCUT2D eigenvalue weighted by atomic mass is 32.1. The van der Waals surface area contributed by atoms with Crippen molar-refractivity contribution in [3.05, 3.63) is 46.2 Å². The quantitative estimate of drug-likeness (QED) is 0.197. The Kier molecular flexibility index (Phi) is 6.75.